The molecule has 3 aromatic carbocycles. The van der Waals surface area contributed by atoms with E-state index >= 15 is 0 Å². The van der Waals surface area contributed by atoms with Crippen molar-refractivity contribution in [2.45, 2.75) is 104 Å². The summed E-state index contributed by atoms with van der Waals surface area (Å²) in [4.78, 5) is 0. The van der Waals surface area contributed by atoms with Gasteiger partial charge >= 0.3 is 0 Å². The SMILES string of the molecule is Cc1c(C)c(C)c(P(c2c(C)c(C)c(C)c(C)c2C)c2c(C)c(C)c(C)c(C)c2C)c(C)c1C. The van der Waals surface area contributed by atoms with Gasteiger partial charge in [0.2, 0.25) is 0 Å². The van der Waals surface area contributed by atoms with Crippen LogP contribution in [0.15, 0.2) is 0 Å². The zero-order valence-electron chi connectivity index (χ0n) is 24.4. The molecule has 3 rings (SSSR count). The van der Waals surface area contributed by atoms with Crippen molar-refractivity contribution < 1.29 is 0 Å². The maximum absolute atomic E-state index is 2.37. The minimum Gasteiger partial charge on any atom is -0.0447 e. The lowest BCUT2D eigenvalue weighted by Gasteiger charge is -2.34. The van der Waals surface area contributed by atoms with E-state index in [1.165, 1.54) is 83.5 Å². The molecule has 0 atom stereocenters. The zero-order valence-corrected chi connectivity index (χ0v) is 25.3. The van der Waals surface area contributed by atoms with Crippen LogP contribution < -0.4 is 15.9 Å². The summed E-state index contributed by atoms with van der Waals surface area (Å²) in [5.74, 6) is 0. The molecule has 0 aromatic heterocycles. The molecule has 0 spiro atoms. The fourth-order valence-electron chi connectivity index (χ4n) is 5.78. The summed E-state index contributed by atoms with van der Waals surface area (Å²) in [6, 6.07) is 0. The average molecular weight is 473 g/mol. The molecule has 34 heavy (non-hydrogen) atoms. The van der Waals surface area contributed by atoms with Gasteiger partial charge in [-0.25, -0.2) is 0 Å². The van der Waals surface area contributed by atoms with Crippen LogP contribution in [0.3, 0.4) is 0 Å². The summed E-state index contributed by atoms with van der Waals surface area (Å²) in [6.07, 6.45) is 0. The van der Waals surface area contributed by atoms with Crippen LogP contribution in [0.25, 0.3) is 0 Å². The molecule has 0 aliphatic rings. The highest BCUT2D eigenvalue weighted by Crippen LogP contribution is 2.44. The van der Waals surface area contributed by atoms with Crippen molar-refractivity contribution in [2.24, 2.45) is 0 Å². The molecule has 1 heteroatoms. The Morgan fingerprint density at radius 1 is 0.206 bits per heavy atom. The fraction of sp³-hybridized carbons (Fsp3) is 0.455. The van der Waals surface area contributed by atoms with Crippen LogP contribution in [0.4, 0.5) is 0 Å². The van der Waals surface area contributed by atoms with E-state index < -0.39 is 7.92 Å². The first-order chi connectivity index (χ1) is 15.7. The fourth-order valence-corrected chi connectivity index (χ4v) is 9.47. The molecule has 182 valence electrons. The molecule has 0 aliphatic carbocycles. The predicted molar refractivity (Wildman–Crippen MR) is 156 cm³/mol. The van der Waals surface area contributed by atoms with Gasteiger partial charge in [0.25, 0.3) is 0 Å². The highest BCUT2D eigenvalue weighted by atomic mass is 31.1. The number of rotatable bonds is 3. The van der Waals surface area contributed by atoms with Gasteiger partial charge in [-0.15, -0.1) is 0 Å². The van der Waals surface area contributed by atoms with Crippen LogP contribution in [-0.4, -0.2) is 0 Å². The second-order valence-electron chi connectivity index (χ2n) is 10.8. The highest BCUT2D eigenvalue weighted by molar-refractivity contribution is 7.80. The number of hydrogen-bond donors (Lipinski definition) is 0. The molecule has 0 unspecified atom stereocenters. The third-order valence-electron chi connectivity index (χ3n) is 9.55. The Labute approximate surface area is 211 Å². The Hall–Kier alpha value is -1.91. The minimum absolute atomic E-state index is 0.705. The van der Waals surface area contributed by atoms with Gasteiger partial charge in [-0.2, -0.15) is 0 Å². The van der Waals surface area contributed by atoms with Crippen molar-refractivity contribution in [2.75, 3.05) is 0 Å². The van der Waals surface area contributed by atoms with Crippen molar-refractivity contribution in [3.63, 3.8) is 0 Å². The van der Waals surface area contributed by atoms with Crippen LogP contribution in [0.1, 0.15) is 83.5 Å². The first-order valence-electron chi connectivity index (χ1n) is 12.7. The van der Waals surface area contributed by atoms with E-state index in [-0.39, 0.29) is 0 Å². The maximum Gasteiger partial charge on any atom is -0.00868 e. The van der Waals surface area contributed by atoms with Crippen molar-refractivity contribution in [3.8, 4) is 0 Å². The standard InChI is InChI=1S/C33H45P/c1-16-19(4)25(10)31(26(11)20(16)5)34(32-27(12)21(6)17(2)22(7)28(32)13)33-29(14)23(8)18(3)24(9)30(33)15/h1-15H3. The van der Waals surface area contributed by atoms with Gasteiger partial charge in [-0.3, -0.25) is 0 Å². The topological polar surface area (TPSA) is 0 Å². The summed E-state index contributed by atoms with van der Waals surface area (Å²) < 4.78 is 0. The molecule has 3 aromatic rings. The smallest absolute Gasteiger partial charge is 0.00868 e. The summed E-state index contributed by atoms with van der Waals surface area (Å²) in [7, 11) is -0.705. The molecule has 0 aliphatic heterocycles. The third kappa shape index (κ3) is 3.78. The summed E-state index contributed by atoms with van der Waals surface area (Å²) in [6.45, 7) is 35.1. The van der Waals surface area contributed by atoms with E-state index in [2.05, 4.69) is 104 Å². The number of hydrogen-bond acceptors (Lipinski definition) is 0. The minimum atomic E-state index is -0.705. The van der Waals surface area contributed by atoms with Crippen molar-refractivity contribution in [1.29, 1.82) is 0 Å². The Bertz CT molecular complexity index is 1080. The average Bonchev–Trinajstić information content (AvgIpc) is 2.81. The van der Waals surface area contributed by atoms with Crippen LogP contribution in [0.5, 0.6) is 0 Å². The summed E-state index contributed by atoms with van der Waals surface area (Å²) in [5.41, 5.74) is 22.0. The molecule has 0 saturated carbocycles. The monoisotopic (exact) mass is 472 g/mol. The first-order valence-corrected chi connectivity index (χ1v) is 14.0. The lowest BCUT2D eigenvalue weighted by Crippen LogP contribution is -2.33. The van der Waals surface area contributed by atoms with Crippen molar-refractivity contribution in [1.82, 2.24) is 0 Å². The Morgan fingerprint density at radius 2 is 0.324 bits per heavy atom. The second-order valence-corrected chi connectivity index (χ2v) is 12.8. The molecule has 0 radical (unpaired) electrons. The van der Waals surface area contributed by atoms with Gasteiger partial charge in [-0.05, 0) is 211 Å². The Balaban J connectivity index is 2.68. The number of benzene rings is 3. The molecule has 0 bridgehead atoms. The normalized spacial score (nSPS) is 11.6. The van der Waals surface area contributed by atoms with Gasteiger partial charge in [-0.1, -0.05) is 0 Å². The molecule has 0 heterocycles. The predicted octanol–water partition coefficient (Wildman–Crippen LogP) is 8.07. The molecule has 0 amide bonds. The van der Waals surface area contributed by atoms with E-state index in [1.54, 1.807) is 15.9 Å². The maximum atomic E-state index is 2.37. The second kappa shape index (κ2) is 9.28. The molecule has 0 N–H and O–H groups in total. The molecular formula is C33H45P. The third-order valence-corrected chi connectivity index (χ3v) is 12.9. The molecule has 0 saturated heterocycles. The zero-order chi connectivity index (χ0) is 26.0. The van der Waals surface area contributed by atoms with E-state index in [0.29, 0.717) is 0 Å². The largest absolute Gasteiger partial charge is 0.0447 e. The lowest BCUT2D eigenvalue weighted by atomic mass is 9.94. The highest BCUT2D eigenvalue weighted by Gasteiger charge is 2.31. The first kappa shape index (κ1) is 26.7. The van der Waals surface area contributed by atoms with Crippen molar-refractivity contribution in [3.05, 3.63) is 83.5 Å². The quantitative estimate of drug-likeness (QED) is 0.338. The molecule has 0 fully saturated rings. The van der Waals surface area contributed by atoms with Crippen molar-refractivity contribution >= 4 is 23.8 Å². The summed E-state index contributed by atoms with van der Waals surface area (Å²) in [5, 5.41) is 4.75. The molecule has 0 nitrogen and oxygen atoms in total. The van der Waals surface area contributed by atoms with Gasteiger partial charge in [0.05, 0.1) is 0 Å². The Kier molecular flexibility index (Phi) is 7.28. The van der Waals surface area contributed by atoms with Crippen LogP contribution in [-0.2, 0) is 0 Å². The van der Waals surface area contributed by atoms with Gasteiger partial charge in [0.1, 0.15) is 0 Å². The van der Waals surface area contributed by atoms with Crippen LogP contribution in [0.2, 0.25) is 0 Å². The van der Waals surface area contributed by atoms with E-state index in [4.69, 9.17) is 0 Å². The lowest BCUT2D eigenvalue weighted by molar-refractivity contribution is 1.18. The van der Waals surface area contributed by atoms with Gasteiger partial charge < -0.3 is 0 Å². The van der Waals surface area contributed by atoms with Crippen LogP contribution >= 0.6 is 7.92 Å². The van der Waals surface area contributed by atoms with E-state index in [1.807, 2.05) is 0 Å². The van der Waals surface area contributed by atoms with Gasteiger partial charge in [0, 0.05) is 0 Å². The van der Waals surface area contributed by atoms with Crippen LogP contribution in [0, 0.1) is 104 Å². The summed E-state index contributed by atoms with van der Waals surface area (Å²) >= 11 is 0. The molecular weight excluding hydrogens is 427 g/mol. The van der Waals surface area contributed by atoms with E-state index in [0.717, 1.165) is 0 Å². The Morgan fingerprint density at radius 3 is 0.471 bits per heavy atom. The van der Waals surface area contributed by atoms with Gasteiger partial charge in [0.15, 0.2) is 0 Å². The van der Waals surface area contributed by atoms with E-state index in [9.17, 15) is 0 Å².